The molecule has 0 aliphatic rings. The van der Waals surface area contributed by atoms with Crippen molar-refractivity contribution >= 4 is 0 Å². The number of benzene rings is 1. The van der Waals surface area contributed by atoms with Crippen LogP contribution in [0.4, 0.5) is 0 Å². The van der Waals surface area contributed by atoms with Crippen molar-refractivity contribution in [2.75, 3.05) is 6.61 Å². The second kappa shape index (κ2) is 7.33. The van der Waals surface area contributed by atoms with Gasteiger partial charge in [0.15, 0.2) is 0 Å². The monoisotopic (exact) mass is 235 g/mol. The molecule has 96 valence electrons. The Bertz CT molecular complexity index is 322. The molecule has 1 rings (SSSR count). The average molecular weight is 235 g/mol. The van der Waals surface area contributed by atoms with Crippen molar-refractivity contribution in [1.82, 2.24) is 0 Å². The van der Waals surface area contributed by atoms with E-state index in [9.17, 15) is 0 Å². The maximum Gasteiger partial charge on any atom is 0.119 e. The van der Waals surface area contributed by atoms with Crippen molar-refractivity contribution < 1.29 is 4.74 Å². The molecule has 0 fully saturated rings. The molecule has 0 aliphatic heterocycles. The van der Waals surface area contributed by atoms with E-state index in [1.165, 1.54) is 18.4 Å². The minimum Gasteiger partial charge on any atom is -0.493 e. The molecule has 2 unspecified atom stereocenters. The molecule has 0 bridgehead atoms. The largest absolute Gasteiger partial charge is 0.493 e. The lowest BCUT2D eigenvalue weighted by atomic mass is 10.1. The van der Waals surface area contributed by atoms with Crippen molar-refractivity contribution in [3.63, 3.8) is 0 Å². The van der Waals surface area contributed by atoms with E-state index in [0.717, 1.165) is 18.8 Å². The highest BCUT2D eigenvalue weighted by atomic mass is 16.5. The van der Waals surface area contributed by atoms with Gasteiger partial charge in [-0.2, -0.15) is 0 Å². The van der Waals surface area contributed by atoms with Crippen LogP contribution in [0, 0.1) is 5.92 Å². The highest BCUT2D eigenvalue weighted by Crippen LogP contribution is 2.16. The van der Waals surface area contributed by atoms with Crippen LogP contribution in [0.1, 0.15) is 39.2 Å². The van der Waals surface area contributed by atoms with Gasteiger partial charge < -0.3 is 10.5 Å². The SMILES string of the molecule is CCCC(C)COc1cccc(CC(C)N)c1. The van der Waals surface area contributed by atoms with Gasteiger partial charge in [0.1, 0.15) is 5.75 Å². The first-order valence-corrected chi connectivity index (χ1v) is 6.59. The Morgan fingerprint density at radius 1 is 1.29 bits per heavy atom. The lowest BCUT2D eigenvalue weighted by Gasteiger charge is -2.13. The van der Waals surface area contributed by atoms with Crippen LogP contribution in [0.2, 0.25) is 0 Å². The van der Waals surface area contributed by atoms with E-state index in [1.807, 2.05) is 19.1 Å². The zero-order valence-corrected chi connectivity index (χ0v) is 11.3. The smallest absolute Gasteiger partial charge is 0.119 e. The van der Waals surface area contributed by atoms with Crippen LogP contribution >= 0.6 is 0 Å². The summed E-state index contributed by atoms with van der Waals surface area (Å²) in [7, 11) is 0. The van der Waals surface area contributed by atoms with Crippen LogP contribution in [0.5, 0.6) is 5.75 Å². The van der Waals surface area contributed by atoms with E-state index in [0.29, 0.717) is 5.92 Å². The highest BCUT2D eigenvalue weighted by Gasteiger charge is 2.03. The Kier molecular flexibility index (Phi) is 6.06. The van der Waals surface area contributed by atoms with Crippen molar-refractivity contribution in [1.29, 1.82) is 0 Å². The number of nitrogens with two attached hydrogens (primary N) is 1. The first-order chi connectivity index (χ1) is 8.11. The molecular weight excluding hydrogens is 210 g/mol. The predicted octanol–water partition coefficient (Wildman–Crippen LogP) is 3.39. The van der Waals surface area contributed by atoms with E-state index in [-0.39, 0.29) is 6.04 Å². The number of hydrogen-bond donors (Lipinski definition) is 1. The molecule has 2 heteroatoms. The van der Waals surface area contributed by atoms with Gasteiger partial charge in [-0.1, -0.05) is 32.4 Å². The van der Waals surface area contributed by atoms with Gasteiger partial charge in [0, 0.05) is 6.04 Å². The lowest BCUT2D eigenvalue weighted by Crippen LogP contribution is -2.17. The standard InChI is InChI=1S/C15H25NO/c1-4-6-12(2)11-17-15-8-5-7-14(10-15)9-13(3)16/h5,7-8,10,12-13H,4,6,9,11,16H2,1-3H3. The summed E-state index contributed by atoms with van der Waals surface area (Å²) < 4.78 is 5.80. The molecule has 0 aliphatic carbocycles. The van der Waals surface area contributed by atoms with E-state index in [4.69, 9.17) is 10.5 Å². The quantitative estimate of drug-likeness (QED) is 0.786. The fourth-order valence-corrected chi connectivity index (χ4v) is 1.95. The van der Waals surface area contributed by atoms with E-state index in [2.05, 4.69) is 26.0 Å². The summed E-state index contributed by atoms with van der Waals surface area (Å²) in [6, 6.07) is 8.46. The van der Waals surface area contributed by atoms with Gasteiger partial charge in [-0.3, -0.25) is 0 Å². The molecule has 0 spiro atoms. The Hall–Kier alpha value is -1.02. The third-order valence-electron chi connectivity index (χ3n) is 2.77. The molecular formula is C15H25NO. The van der Waals surface area contributed by atoms with E-state index < -0.39 is 0 Å². The maximum absolute atomic E-state index is 5.80. The second-order valence-electron chi connectivity index (χ2n) is 5.03. The molecule has 0 aromatic heterocycles. The van der Waals surface area contributed by atoms with Crippen molar-refractivity contribution in [3.05, 3.63) is 29.8 Å². The van der Waals surface area contributed by atoms with Gasteiger partial charge in [-0.15, -0.1) is 0 Å². The van der Waals surface area contributed by atoms with Crippen LogP contribution in [0.25, 0.3) is 0 Å². The van der Waals surface area contributed by atoms with Gasteiger partial charge in [0.25, 0.3) is 0 Å². The fourth-order valence-electron chi connectivity index (χ4n) is 1.95. The third kappa shape index (κ3) is 5.73. The Balaban J connectivity index is 2.48. The molecule has 0 heterocycles. The molecule has 2 atom stereocenters. The van der Waals surface area contributed by atoms with E-state index >= 15 is 0 Å². The van der Waals surface area contributed by atoms with Crippen LogP contribution in [0.15, 0.2) is 24.3 Å². The van der Waals surface area contributed by atoms with E-state index in [1.54, 1.807) is 0 Å². The summed E-state index contributed by atoms with van der Waals surface area (Å²) >= 11 is 0. The molecule has 2 N–H and O–H groups in total. The molecule has 17 heavy (non-hydrogen) atoms. The minimum absolute atomic E-state index is 0.198. The Labute approximate surface area is 105 Å². The first-order valence-electron chi connectivity index (χ1n) is 6.59. The average Bonchev–Trinajstić information content (AvgIpc) is 2.26. The van der Waals surface area contributed by atoms with Crippen LogP contribution < -0.4 is 10.5 Å². The third-order valence-corrected chi connectivity index (χ3v) is 2.77. The van der Waals surface area contributed by atoms with Gasteiger partial charge in [0.05, 0.1) is 6.61 Å². The summed E-state index contributed by atoms with van der Waals surface area (Å²) in [5, 5.41) is 0. The molecule has 2 nitrogen and oxygen atoms in total. The van der Waals surface area contributed by atoms with Crippen LogP contribution in [-0.2, 0) is 6.42 Å². The van der Waals surface area contributed by atoms with Gasteiger partial charge >= 0.3 is 0 Å². The molecule has 0 saturated heterocycles. The summed E-state index contributed by atoms with van der Waals surface area (Å²) in [5.41, 5.74) is 7.05. The number of hydrogen-bond acceptors (Lipinski definition) is 2. The predicted molar refractivity (Wildman–Crippen MR) is 73.4 cm³/mol. The summed E-state index contributed by atoms with van der Waals surface area (Å²) in [6.07, 6.45) is 3.34. The molecule has 0 radical (unpaired) electrons. The first kappa shape index (κ1) is 14.0. The lowest BCUT2D eigenvalue weighted by molar-refractivity contribution is 0.251. The topological polar surface area (TPSA) is 35.2 Å². The van der Waals surface area contributed by atoms with Gasteiger partial charge in [0.2, 0.25) is 0 Å². The van der Waals surface area contributed by atoms with Crippen molar-refractivity contribution in [2.45, 2.75) is 46.1 Å². The zero-order valence-electron chi connectivity index (χ0n) is 11.3. The fraction of sp³-hybridized carbons (Fsp3) is 0.600. The summed E-state index contributed by atoms with van der Waals surface area (Å²) in [4.78, 5) is 0. The van der Waals surface area contributed by atoms with Crippen LogP contribution in [-0.4, -0.2) is 12.6 Å². The van der Waals surface area contributed by atoms with Gasteiger partial charge in [-0.25, -0.2) is 0 Å². The summed E-state index contributed by atoms with van der Waals surface area (Å²) in [5.74, 6) is 1.59. The zero-order chi connectivity index (χ0) is 12.7. The number of rotatable bonds is 7. The van der Waals surface area contributed by atoms with Crippen molar-refractivity contribution in [3.8, 4) is 5.75 Å². The Morgan fingerprint density at radius 2 is 2.06 bits per heavy atom. The van der Waals surface area contributed by atoms with Crippen LogP contribution in [0.3, 0.4) is 0 Å². The summed E-state index contributed by atoms with van der Waals surface area (Å²) in [6.45, 7) is 7.27. The minimum atomic E-state index is 0.198. The van der Waals surface area contributed by atoms with Gasteiger partial charge in [-0.05, 0) is 43.4 Å². The second-order valence-corrected chi connectivity index (χ2v) is 5.03. The molecule has 1 aromatic rings. The molecule has 0 saturated carbocycles. The number of ether oxygens (including phenoxy) is 1. The normalized spacial score (nSPS) is 14.4. The van der Waals surface area contributed by atoms with Crippen molar-refractivity contribution in [2.24, 2.45) is 11.7 Å². The molecule has 0 amide bonds. The maximum atomic E-state index is 5.80. The highest BCUT2D eigenvalue weighted by molar-refractivity contribution is 5.29. The molecule has 1 aromatic carbocycles. The Morgan fingerprint density at radius 3 is 2.71 bits per heavy atom.